The summed E-state index contributed by atoms with van der Waals surface area (Å²) < 4.78 is 45.5. The number of hydrogen-bond acceptors (Lipinski definition) is 6. The van der Waals surface area contributed by atoms with Gasteiger partial charge in [0.25, 0.3) is 5.91 Å². The molecule has 5 N–H and O–H groups in total. The first kappa shape index (κ1) is 42.4. The number of urea groups is 1. The van der Waals surface area contributed by atoms with Crippen LogP contribution in [0.4, 0.5) is 22.8 Å². The molecule has 0 radical (unpaired) electrons. The Balaban J connectivity index is 1.89. The van der Waals surface area contributed by atoms with Gasteiger partial charge in [0.05, 0.1) is 17.7 Å². The van der Waals surface area contributed by atoms with Crippen molar-refractivity contribution < 1.29 is 41.9 Å². The molecule has 2 saturated carbocycles. The molecule has 6 amide bonds. The van der Waals surface area contributed by atoms with Crippen LogP contribution in [0.5, 0.6) is 0 Å². The second kappa shape index (κ2) is 17.7. The second-order valence-corrected chi connectivity index (χ2v) is 15.7. The number of nitrogens with one attached hydrogen (secondary N) is 5. The van der Waals surface area contributed by atoms with Gasteiger partial charge in [-0.3, -0.25) is 14.4 Å². The molecular weight excluding hydrogens is 681 g/mol. The van der Waals surface area contributed by atoms with Gasteiger partial charge in [0.2, 0.25) is 11.8 Å². The SMILES string of the molecule is C=C=C(C(=O)NCC=C)C(CCC(F)(F)F)NC(=O)C1[C@@H]2C(CN1C(=O)C(NC(=O)NC(COC(=O)NCC)C(C)(C)C)C1CCCCC1)C2(C)C. The summed E-state index contributed by atoms with van der Waals surface area (Å²) in [7, 11) is 0. The number of rotatable bonds is 15. The van der Waals surface area contributed by atoms with E-state index in [0.29, 0.717) is 19.4 Å². The standard InChI is InChI=1S/C37H57F3N6O6/c1-9-19-42-30(47)23(10-2)25(17-18-37(38,39)40)43-31(48)29-27-24(36(27,7)8)20-46(29)32(49)28(22-15-13-12-14-16-22)45-33(50)44-26(35(4,5)6)21-52-34(51)41-11-3/h9,22,24-29H,1-2,11-21H2,3-8H3,(H,41,51)(H,42,47)(H,43,48)(H2,44,45,50)/t24?,25?,26?,27-,28?,29?/m0/s1. The minimum absolute atomic E-state index is 0.0354. The average molecular weight is 739 g/mol. The van der Waals surface area contributed by atoms with E-state index in [1.807, 2.05) is 34.6 Å². The molecule has 292 valence electrons. The molecule has 12 nitrogen and oxygen atoms in total. The molecule has 3 fully saturated rings. The molecule has 6 atom stereocenters. The fourth-order valence-corrected chi connectivity index (χ4v) is 7.52. The molecule has 0 aromatic heterocycles. The van der Waals surface area contributed by atoms with Gasteiger partial charge in [-0.2, -0.15) is 13.2 Å². The third-order valence-corrected chi connectivity index (χ3v) is 10.7. The van der Waals surface area contributed by atoms with Crippen LogP contribution in [-0.2, 0) is 19.1 Å². The number of ether oxygens (including phenoxy) is 1. The summed E-state index contributed by atoms with van der Waals surface area (Å²) in [5, 5.41) is 13.5. The lowest BCUT2D eigenvalue weighted by molar-refractivity contribution is -0.144. The van der Waals surface area contributed by atoms with Crippen LogP contribution in [0.1, 0.15) is 86.5 Å². The summed E-state index contributed by atoms with van der Waals surface area (Å²) in [5.74, 6) is -2.45. The quantitative estimate of drug-likeness (QED) is 0.0930. The summed E-state index contributed by atoms with van der Waals surface area (Å²) in [6, 6.07) is -4.67. The summed E-state index contributed by atoms with van der Waals surface area (Å²) in [5.41, 5.74) is 1.31. The third-order valence-electron chi connectivity index (χ3n) is 10.7. The highest BCUT2D eigenvalue weighted by molar-refractivity contribution is 5.97. The van der Waals surface area contributed by atoms with Crippen molar-refractivity contribution in [1.29, 1.82) is 0 Å². The normalized spacial score (nSPS) is 22.7. The molecule has 2 aliphatic carbocycles. The van der Waals surface area contributed by atoms with E-state index in [-0.39, 0.29) is 48.4 Å². The number of hydrogen-bond donors (Lipinski definition) is 5. The molecule has 1 heterocycles. The second-order valence-electron chi connectivity index (χ2n) is 15.7. The number of piperidine rings is 1. The van der Waals surface area contributed by atoms with E-state index in [1.54, 1.807) is 6.92 Å². The Bertz CT molecular complexity index is 1380. The number of halogens is 3. The van der Waals surface area contributed by atoms with Crippen molar-refractivity contribution in [2.24, 2.45) is 28.6 Å². The number of nitrogens with zero attached hydrogens (tertiary/aromatic N) is 1. The Morgan fingerprint density at radius 1 is 1.02 bits per heavy atom. The van der Waals surface area contributed by atoms with Gasteiger partial charge in [-0.1, -0.05) is 66.5 Å². The van der Waals surface area contributed by atoms with Crippen LogP contribution < -0.4 is 26.6 Å². The van der Waals surface area contributed by atoms with Gasteiger partial charge in [0.15, 0.2) is 0 Å². The van der Waals surface area contributed by atoms with Crippen molar-refractivity contribution in [1.82, 2.24) is 31.5 Å². The molecule has 1 saturated heterocycles. The molecular formula is C37H57F3N6O6. The number of amides is 6. The van der Waals surface area contributed by atoms with Crippen LogP contribution in [0.25, 0.3) is 0 Å². The maximum Gasteiger partial charge on any atom is 0.407 e. The minimum Gasteiger partial charge on any atom is -0.447 e. The van der Waals surface area contributed by atoms with Crippen LogP contribution >= 0.6 is 0 Å². The first-order valence-corrected chi connectivity index (χ1v) is 18.2. The Kier molecular flexibility index (Phi) is 14.4. The monoisotopic (exact) mass is 738 g/mol. The summed E-state index contributed by atoms with van der Waals surface area (Å²) in [6.45, 7) is 18.9. The van der Waals surface area contributed by atoms with Gasteiger partial charge in [-0.25, -0.2) is 9.59 Å². The average Bonchev–Trinajstić information content (AvgIpc) is 3.37. The lowest BCUT2D eigenvalue weighted by atomic mass is 9.83. The van der Waals surface area contributed by atoms with E-state index in [4.69, 9.17) is 4.74 Å². The molecule has 3 aliphatic rings. The molecule has 3 rings (SSSR count). The van der Waals surface area contributed by atoms with Crippen molar-refractivity contribution in [3.05, 3.63) is 30.5 Å². The highest BCUT2D eigenvalue weighted by Gasteiger charge is 2.69. The molecule has 52 heavy (non-hydrogen) atoms. The van der Waals surface area contributed by atoms with Gasteiger partial charge in [0, 0.05) is 26.1 Å². The fraction of sp³-hybridized carbons (Fsp3) is 0.730. The van der Waals surface area contributed by atoms with E-state index in [0.717, 1.165) is 19.3 Å². The van der Waals surface area contributed by atoms with Crippen LogP contribution in [0, 0.1) is 28.6 Å². The first-order chi connectivity index (χ1) is 24.3. The lowest BCUT2D eigenvalue weighted by Crippen LogP contribution is -2.61. The van der Waals surface area contributed by atoms with Crippen molar-refractivity contribution in [2.45, 2.75) is 117 Å². The van der Waals surface area contributed by atoms with Gasteiger partial charge < -0.3 is 36.2 Å². The largest absolute Gasteiger partial charge is 0.447 e. The smallest absolute Gasteiger partial charge is 0.407 e. The molecule has 0 spiro atoms. The summed E-state index contributed by atoms with van der Waals surface area (Å²) in [6.07, 6.45) is -1.66. The third kappa shape index (κ3) is 11.0. The van der Waals surface area contributed by atoms with Crippen LogP contribution in [-0.4, -0.2) is 91.3 Å². The van der Waals surface area contributed by atoms with E-state index >= 15 is 0 Å². The minimum atomic E-state index is -4.56. The van der Waals surface area contributed by atoms with Crippen molar-refractivity contribution in [3.8, 4) is 0 Å². The molecule has 15 heteroatoms. The van der Waals surface area contributed by atoms with Crippen molar-refractivity contribution in [2.75, 3.05) is 26.2 Å². The highest BCUT2D eigenvalue weighted by Crippen LogP contribution is 2.65. The zero-order chi connectivity index (χ0) is 39.0. The zero-order valence-corrected chi connectivity index (χ0v) is 31.3. The first-order valence-electron chi connectivity index (χ1n) is 18.2. The Labute approximate surface area is 305 Å². The van der Waals surface area contributed by atoms with E-state index in [2.05, 4.69) is 45.5 Å². The zero-order valence-electron chi connectivity index (χ0n) is 31.3. The maximum absolute atomic E-state index is 14.6. The molecule has 0 aromatic carbocycles. The molecule has 5 unspecified atom stereocenters. The number of likely N-dealkylation sites (tertiary alicyclic amines) is 1. The van der Waals surface area contributed by atoms with Gasteiger partial charge >= 0.3 is 18.3 Å². The molecule has 1 aliphatic heterocycles. The maximum atomic E-state index is 14.6. The topological polar surface area (TPSA) is 158 Å². The van der Waals surface area contributed by atoms with Gasteiger partial charge in [-0.05, 0) is 54.8 Å². The molecule has 0 bridgehead atoms. The lowest BCUT2D eigenvalue weighted by Gasteiger charge is -2.38. The Morgan fingerprint density at radius 3 is 2.23 bits per heavy atom. The number of carbonyl (C=O) groups is 5. The van der Waals surface area contributed by atoms with E-state index in [1.165, 1.54) is 11.0 Å². The Hall–Kier alpha value is -4.00. The summed E-state index contributed by atoms with van der Waals surface area (Å²) in [4.78, 5) is 68.7. The molecule has 0 aromatic rings. The van der Waals surface area contributed by atoms with Gasteiger partial charge in [0.1, 0.15) is 18.7 Å². The predicted octanol–water partition coefficient (Wildman–Crippen LogP) is 4.72. The Morgan fingerprint density at radius 2 is 1.67 bits per heavy atom. The van der Waals surface area contributed by atoms with Crippen LogP contribution in [0.2, 0.25) is 0 Å². The fourth-order valence-electron chi connectivity index (χ4n) is 7.52. The number of fused-ring (bicyclic) bond motifs is 1. The summed E-state index contributed by atoms with van der Waals surface area (Å²) >= 11 is 0. The number of alkyl carbamates (subject to hydrolysis) is 1. The van der Waals surface area contributed by atoms with E-state index < -0.39 is 78.4 Å². The van der Waals surface area contributed by atoms with Crippen LogP contribution in [0.15, 0.2) is 30.5 Å². The van der Waals surface area contributed by atoms with Crippen molar-refractivity contribution >= 4 is 29.8 Å². The van der Waals surface area contributed by atoms with E-state index in [9.17, 15) is 37.1 Å². The van der Waals surface area contributed by atoms with Crippen LogP contribution in [0.3, 0.4) is 0 Å². The highest BCUT2D eigenvalue weighted by atomic mass is 19.4. The predicted molar refractivity (Wildman–Crippen MR) is 190 cm³/mol. The van der Waals surface area contributed by atoms with Crippen molar-refractivity contribution in [3.63, 3.8) is 0 Å². The van der Waals surface area contributed by atoms with Gasteiger partial charge in [-0.15, -0.1) is 12.3 Å². The number of alkyl halides is 3. The number of carbonyl (C=O) groups excluding carboxylic acids is 5.